The zero-order valence-electron chi connectivity index (χ0n) is 24.8. The van der Waals surface area contributed by atoms with Gasteiger partial charge in [-0.3, -0.25) is 4.79 Å². The van der Waals surface area contributed by atoms with Gasteiger partial charge in [0.15, 0.2) is 6.29 Å². The monoisotopic (exact) mass is 577 g/mol. The molecule has 1 saturated heterocycles. The topological polar surface area (TPSA) is 106 Å². The van der Waals surface area contributed by atoms with E-state index in [0.717, 1.165) is 41.2 Å². The number of hydrogen-bond donors (Lipinski definition) is 3. The lowest BCUT2D eigenvalue weighted by atomic mass is 10.0. The van der Waals surface area contributed by atoms with Gasteiger partial charge in [-0.2, -0.15) is 5.26 Å². The molecule has 41 heavy (non-hydrogen) atoms. The molecule has 3 N–H and O–H groups in total. The van der Waals surface area contributed by atoms with Gasteiger partial charge in [0, 0.05) is 47.9 Å². The van der Waals surface area contributed by atoms with E-state index in [0.29, 0.717) is 12.0 Å². The molecule has 0 saturated carbocycles. The number of nitrogens with one attached hydrogen (secondary N) is 1. The number of benzene rings is 2. The summed E-state index contributed by atoms with van der Waals surface area (Å²) in [4.78, 5) is 17.2. The summed E-state index contributed by atoms with van der Waals surface area (Å²) in [5.74, 6) is -0.496. The SMILES string of the molecule is CC.CCCN(CCC)c1ccc2cc(-c3ccc(/C(C)=C(\C#N)C(=O)NC[C@@H]4CC(O)CC(O)O4)s3)ccc2c1. The minimum Gasteiger partial charge on any atom is -0.393 e. The molecule has 4 rings (SSSR count). The molecule has 3 aromatic rings. The van der Waals surface area contributed by atoms with Gasteiger partial charge < -0.3 is 25.2 Å². The van der Waals surface area contributed by atoms with Gasteiger partial charge >= 0.3 is 0 Å². The van der Waals surface area contributed by atoms with Crippen molar-refractivity contribution in [2.45, 2.75) is 78.8 Å². The fourth-order valence-corrected chi connectivity index (χ4v) is 6.02. The second kappa shape index (κ2) is 15.7. The van der Waals surface area contributed by atoms with Crippen LogP contribution in [-0.2, 0) is 9.53 Å². The van der Waals surface area contributed by atoms with E-state index in [9.17, 15) is 20.3 Å². The van der Waals surface area contributed by atoms with Gasteiger partial charge in [-0.15, -0.1) is 11.3 Å². The fourth-order valence-electron chi connectivity index (χ4n) is 5.01. The van der Waals surface area contributed by atoms with Crippen LogP contribution in [0, 0.1) is 11.3 Å². The van der Waals surface area contributed by atoms with Crippen LogP contribution in [-0.4, -0.2) is 54.3 Å². The van der Waals surface area contributed by atoms with E-state index in [4.69, 9.17) is 4.74 Å². The van der Waals surface area contributed by atoms with Crippen LogP contribution >= 0.6 is 11.3 Å². The molecular formula is C33H43N3O4S. The fraction of sp³-hybridized carbons (Fsp3) is 0.455. The number of nitrogens with zero attached hydrogens (tertiary/aromatic N) is 2. The molecule has 2 unspecified atom stereocenters. The van der Waals surface area contributed by atoms with E-state index in [1.165, 1.54) is 16.5 Å². The van der Waals surface area contributed by atoms with E-state index < -0.39 is 24.4 Å². The Balaban J connectivity index is 0.00000226. The molecule has 0 bridgehead atoms. The van der Waals surface area contributed by atoms with Crippen molar-refractivity contribution in [1.82, 2.24) is 5.32 Å². The molecule has 7 nitrogen and oxygen atoms in total. The van der Waals surface area contributed by atoms with Gasteiger partial charge in [0.2, 0.25) is 0 Å². The maximum Gasteiger partial charge on any atom is 0.262 e. The van der Waals surface area contributed by atoms with Crippen molar-refractivity contribution in [2.24, 2.45) is 0 Å². The molecule has 0 spiro atoms. The Morgan fingerprint density at radius 2 is 1.73 bits per heavy atom. The van der Waals surface area contributed by atoms with Gasteiger partial charge in [-0.1, -0.05) is 45.9 Å². The van der Waals surface area contributed by atoms with E-state index in [1.807, 2.05) is 32.0 Å². The first-order valence-corrected chi connectivity index (χ1v) is 15.4. The van der Waals surface area contributed by atoms with E-state index in [2.05, 4.69) is 60.5 Å². The molecule has 3 atom stereocenters. The molecule has 1 fully saturated rings. The smallest absolute Gasteiger partial charge is 0.262 e. The molecule has 0 aliphatic carbocycles. The lowest BCUT2D eigenvalue weighted by Gasteiger charge is -2.30. The first-order valence-electron chi connectivity index (χ1n) is 14.6. The normalized spacial score (nSPS) is 19.0. The first kappa shape index (κ1) is 32.3. The predicted octanol–water partition coefficient (Wildman–Crippen LogP) is 6.49. The van der Waals surface area contributed by atoms with Gasteiger partial charge in [0.05, 0.1) is 12.2 Å². The van der Waals surface area contributed by atoms with Crippen molar-refractivity contribution in [2.75, 3.05) is 24.5 Å². The number of rotatable bonds is 10. The van der Waals surface area contributed by atoms with Gasteiger partial charge in [0.25, 0.3) is 5.91 Å². The molecule has 2 aromatic carbocycles. The van der Waals surface area contributed by atoms with Gasteiger partial charge in [-0.05, 0) is 72.0 Å². The van der Waals surface area contributed by atoms with Crippen LogP contribution in [0.4, 0.5) is 5.69 Å². The van der Waals surface area contributed by atoms with Crippen molar-refractivity contribution in [3.63, 3.8) is 0 Å². The summed E-state index contributed by atoms with van der Waals surface area (Å²) >= 11 is 1.54. The number of aliphatic hydroxyl groups excluding tert-OH is 2. The number of allylic oxidation sites excluding steroid dienone is 1. The minimum absolute atomic E-state index is 0.0371. The standard InChI is InChI=1S/C31H37N3O4S.C2H6/c1-4-12-34(13-5-2)24-9-8-21-14-23(7-6-22(21)15-24)29-11-10-28(39-29)20(3)27(18-32)31(37)33-19-26-16-25(35)17-30(36)38-26;1-2/h6-11,14-15,25-26,30,35-36H,4-5,12-13,16-17,19H2,1-3H3,(H,33,37);1-2H3/b27-20+;/t25?,26-,30?;/m0./s1. The molecule has 1 aliphatic heterocycles. The summed E-state index contributed by atoms with van der Waals surface area (Å²) in [5, 5.41) is 34.3. The Hall–Kier alpha value is -3.22. The van der Waals surface area contributed by atoms with Crippen LogP contribution in [0.3, 0.4) is 0 Å². The summed E-state index contributed by atoms with van der Waals surface area (Å²) < 4.78 is 5.37. The summed E-state index contributed by atoms with van der Waals surface area (Å²) in [6, 6.07) is 19.1. The Morgan fingerprint density at radius 1 is 1.05 bits per heavy atom. The molecular weight excluding hydrogens is 534 g/mol. The van der Waals surface area contributed by atoms with E-state index in [-0.39, 0.29) is 18.5 Å². The number of thiophene rings is 1. The lowest BCUT2D eigenvalue weighted by Crippen LogP contribution is -2.42. The lowest BCUT2D eigenvalue weighted by molar-refractivity contribution is -0.187. The number of carbonyl (C=O) groups is 1. The van der Waals surface area contributed by atoms with Gasteiger partial charge in [0.1, 0.15) is 11.6 Å². The number of aliphatic hydroxyl groups is 2. The summed E-state index contributed by atoms with van der Waals surface area (Å²) in [6.45, 7) is 12.4. The second-order valence-electron chi connectivity index (χ2n) is 10.1. The first-order chi connectivity index (χ1) is 19.8. The zero-order valence-corrected chi connectivity index (χ0v) is 25.6. The predicted molar refractivity (Wildman–Crippen MR) is 169 cm³/mol. The van der Waals surface area contributed by atoms with Crippen molar-refractivity contribution >= 4 is 39.3 Å². The maximum absolute atomic E-state index is 12.8. The number of nitriles is 1. The Labute approximate surface area is 248 Å². The zero-order chi connectivity index (χ0) is 29.9. The summed E-state index contributed by atoms with van der Waals surface area (Å²) in [7, 11) is 0. The quantitative estimate of drug-likeness (QED) is 0.188. The number of carbonyl (C=O) groups excluding carboxylic acids is 1. The van der Waals surface area contributed by atoms with Crippen LogP contribution < -0.4 is 10.2 Å². The average molecular weight is 578 g/mol. The highest BCUT2D eigenvalue weighted by atomic mass is 32.1. The van der Waals surface area contributed by atoms with E-state index >= 15 is 0 Å². The molecule has 8 heteroatoms. The minimum atomic E-state index is -1.05. The molecule has 1 aliphatic rings. The average Bonchev–Trinajstić information content (AvgIpc) is 3.47. The van der Waals surface area contributed by atoms with Crippen LogP contribution in [0.25, 0.3) is 26.8 Å². The largest absolute Gasteiger partial charge is 0.393 e. The van der Waals surface area contributed by atoms with E-state index in [1.54, 1.807) is 18.3 Å². The van der Waals surface area contributed by atoms with Gasteiger partial charge in [-0.25, -0.2) is 0 Å². The summed E-state index contributed by atoms with van der Waals surface area (Å²) in [6.07, 6.45) is 0.463. The highest BCUT2D eigenvalue weighted by molar-refractivity contribution is 7.16. The molecule has 1 aromatic heterocycles. The second-order valence-corrected chi connectivity index (χ2v) is 11.1. The van der Waals surface area contributed by atoms with Crippen molar-refractivity contribution < 1.29 is 19.7 Å². The Morgan fingerprint density at radius 3 is 2.39 bits per heavy atom. The van der Waals surface area contributed by atoms with Crippen LogP contribution in [0.5, 0.6) is 0 Å². The highest BCUT2D eigenvalue weighted by Gasteiger charge is 2.27. The molecule has 0 radical (unpaired) electrons. The Bertz CT molecular complexity index is 1360. The van der Waals surface area contributed by atoms with Crippen molar-refractivity contribution in [3.05, 3.63) is 59.0 Å². The highest BCUT2D eigenvalue weighted by Crippen LogP contribution is 2.35. The van der Waals surface area contributed by atoms with Crippen LogP contribution in [0.15, 0.2) is 54.1 Å². The van der Waals surface area contributed by atoms with Crippen LogP contribution in [0.2, 0.25) is 0 Å². The maximum atomic E-state index is 12.8. The number of ether oxygens (including phenoxy) is 1. The number of hydrogen-bond acceptors (Lipinski definition) is 7. The summed E-state index contributed by atoms with van der Waals surface area (Å²) in [5.41, 5.74) is 2.99. The molecule has 220 valence electrons. The van der Waals surface area contributed by atoms with Crippen molar-refractivity contribution in [1.29, 1.82) is 5.26 Å². The molecule has 1 amide bonds. The number of fused-ring (bicyclic) bond motifs is 1. The molecule has 2 heterocycles. The third-order valence-electron chi connectivity index (χ3n) is 7.00. The van der Waals surface area contributed by atoms with Crippen LogP contribution in [0.1, 0.15) is 65.2 Å². The number of amides is 1. The third-order valence-corrected chi connectivity index (χ3v) is 8.25. The van der Waals surface area contributed by atoms with Crippen molar-refractivity contribution in [3.8, 4) is 16.5 Å². The third kappa shape index (κ3) is 8.40. The Kier molecular flexibility index (Phi) is 12.4. The number of anilines is 1.